The molecule has 0 saturated heterocycles. The van der Waals surface area contributed by atoms with Gasteiger partial charge in [-0.25, -0.2) is 0 Å². The normalized spacial score (nSPS) is 9.62. The molecule has 42 valence electrons. The monoisotopic (exact) mass is 168 g/mol. The zero-order valence-electron chi connectivity index (χ0n) is 5.31. The number of rotatable bonds is 0. The minimum absolute atomic E-state index is 0.848. The standard InChI is InChI=1S/C7H10Ge/c1-6-2-4-7(8)5-3-6/h2-5H,1,8H3. The summed E-state index contributed by atoms with van der Waals surface area (Å²) in [4.78, 5) is 0. The first kappa shape index (κ1) is 5.89. The average Bonchev–Trinajstić information content (AvgIpc) is 1.77. The van der Waals surface area contributed by atoms with Crippen LogP contribution in [0.3, 0.4) is 0 Å². The Labute approximate surface area is 58.1 Å². The Bertz CT molecular complexity index is 143. The van der Waals surface area contributed by atoms with Crippen LogP contribution >= 0.6 is 0 Å². The van der Waals surface area contributed by atoms with E-state index in [1.807, 2.05) is 0 Å². The van der Waals surface area contributed by atoms with E-state index in [1.54, 1.807) is 0 Å². The van der Waals surface area contributed by atoms with Crippen molar-refractivity contribution in [1.82, 2.24) is 0 Å². The summed E-state index contributed by atoms with van der Waals surface area (Å²) in [6.45, 7) is 2.12. The molecule has 0 spiro atoms. The van der Waals surface area contributed by atoms with Gasteiger partial charge in [-0.3, -0.25) is 0 Å². The predicted molar refractivity (Wildman–Crippen MR) is 40.8 cm³/mol. The molecule has 0 nitrogen and oxygen atoms in total. The first-order valence-electron chi connectivity index (χ1n) is 2.82. The van der Waals surface area contributed by atoms with E-state index in [1.165, 1.54) is 9.96 Å². The van der Waals surface area contributed by atoms with Gasteiger partial charge in [0.2, 0.25) is 0 Å². The Morgan fingerprint density at radius 2 is 1.62 bits per heavy atom. The number of hydrogen-bond acceptors (Lipinski definition) is 0. The van der Waals surface area contributed by atoms with Crippen LogP contribution < -0.4 is 4.40 Å². The van der Waals surface area contributed by atoms with Gasteiger partial charge >= 0.3 is 57.7 Å². The molecule has 0 unspecified atom stereocenters. The summed E-state index contributed by atoms with van der Waals surface area (Å²) < 4.78 is 1.52. The number of benzene rings is 1. The zero-order valence-corrected chi connectivity index (χ0v) is 9.51. The summed E-state index contributed by atoms with van der Waals surface area (Å²) in [5.74, 6) is 0. The Morgan fingerprint density at radius 1 is 1.12 bits per heavy atom. The Morgan fingerprint density at radius 3 is 2.00 bits per heavy atom. The van der Waals surface area contributed by atoms with Gasteiger partial charge in [0.05, 0.1) is 0 Å². The molecule has 0 saturated carbocycles. The molecule has 0 aliphatic heterocycles. The summed E-state index contributed by atoms with van der Waals surface area (Å²) in [6, 6.07) is 8.74. The van der Waals surface area contributed by atoms with Crippen molar-refractivity contribution in [2.45, 2.75) is 6.92 Å². The predicted octanol–water partition coefficient (Wildman–Crippen LogP) is -0.0143. The fourth-order valence-electron chi connectivity index (χ4n) is 0.637. The zero-order chi connectivity index (χ0) is 5.98. The molecule has 1 aromatic rings. The molecule has 0 bridgehead atoms. The third kappa shape index (κ3) is 1.37. The maximum absolute atomic E-state index is 2.20. The molecule has 0 aromatic heterocycles. The molecule has 0 aliphatic carbocycles. The van der Waals surface area contributed by atoms with Crippen molar-refractivity contribution in [3.8, 4) is 0 Å². The van der Waals surface area contributed by atoms with Crippen LogP contribution in [0.2, 0.25) is 0 Å². The molecule has 0 N–H and O–H groups in total. The van der Waals surface area contributed by atoms with Gasteiger partial charge in [-0.2, -0.15) is 0 Å². The van der Waals surface area contributed by atoms with Crippen LogP contribution in [0.5, 0.6) is 0 Å². The summed E-state index contributed by atoms with van der Waals surface area (Å²) >= 11 is 0.848. The molecule has 0 aliphatic rings. The van der Waals surface area contributed by atoms with Crippen molar-refractivity contribution >= 4 is 20.9 Å². The topological polar surface area (TPSA) is 0 Å². The third-order valence-electron chi connectivity index (χ3n) is 1.22. The van der Waals surface area contributed by atoms with Gasteiger partial charge in [0.25, 0.3) is 0 Å². The molecule has 8 heavy (non-hydrogen) atoms. The van der Waals surface area contributed by atoms with Gasteiger partial charge in [0, 0.05) is 0 Å². The molecule has 0 heterocycles. The van der Waals surface area contributed by atoms with E-state index in [0.717, 1.165) is 16.5 Å². The number of hydrogen-bond donors (Lipinski definition) is 0. The molecule has 0 amide bonds. The van der Waals surface area contributed by atoms with Crippen LogP contribution in [-0.2, 0) is 0 Å². The van der Waals surface area contributed by atoms with E-state index in [9.17, 15) is 0 Å². The van der Waals surface area contributed by atoms with Gasteiger partial charge in [0.1, 0.15) is 0 Å². The average molecular weight is 167 g/mol. The van der Waals surface area contributed by atoms with Gasteiger partial charge in [-0.15, -0.1) is 0 Å². The van der Waals surface area contributed by atoms with Crippen molar-refractivity contribution in [3.05, 3.63) is 29.8 Å². The second-order valence-electron chi connectivity index (χ2n) is 2.15. The molecule has 1 heteroatoms. The van der Waals surface area contributed by atoms with E-state index < -0.39 is 0 Å². The van der Waals surface area contributed by atoms with E-state index in [2.05, 4.69) is 31.2 Å². The molecular weight excluding hydrogens is 157 g/mol. The van der Waals surface area contributed by atoms with Crippen LogP contribution in [0.25, 0.3) is 0 Å². The van der Waals surface area contributed by atoms with Crippen LogP contribution in [0, 0.1) is 6.92 Å². The van der Waals surface area contributed by atoms with Crippen LogP contribution in [0.1, 0.15) is 5.56 Å². The summed E-state index contributed by atoms with van der Waals surface area (Å²) in [6.07, 6.45) is 0. The first-order chi connectivity index (χ1) is 3.79. The Balaban J connectivity index is 3.03. The van der Waals surface area contributed by atoms with Crippen molar-refractivity contribution in [2.75, 3.05) is 0 Å². The quantitative estimate of drug-likeness (QED) is 0.476. The molecule has 0 fully saturated rings. The second kappa shape index (κ2) is 2.36. The summed E-state index contributed by atoms with van der Waals surface area (Å²) in [5, 5.41) is 0. The molecule has 0 radical (unpaired) electrons. The van der Waals surface area contributed by atoms with Crippen molar-refractivity contribution < 1.29 is 0 Å². The Kier molecular flexibility index (Phi) is 1.74. The minimum atomic E-state index is 0.848. The van der Waals surface area contributed by atoms with Crippen LogP contribution in [-0.4, -0.2) is 16.5 Å². The summed E-state index contributed by atoms with van der Waals surface area (Å²) in [5.41, 5.74) is 1.36. The van der Waals surface area contributed by atoms with Gasteiger partial charge in [-0.1, -0.05) is 0 Å². The SMILES string of the molecule is Cc1cc[c]([GeH3])cc1. The van der Waals surface area contributed by atoms with Gasteiger partial charge in [-0.05, 0) is 0 Å². The molecule has 1 rings (SSSR count). The first-order valence-corrected chi connectivity index (χ1v) is 4.92. The molecule has 0 atom stereocenters. The fourth-order valence-corrected chi connectivity index (χ4v) is 1.34. The second-order valence-corrected chi connectivity index (χ2v) is 4.58. The third-order valence-corrected chi connectivity index (χ3v) is 2.62. The Hall–Kier alpha value is -0.237. The van der Waals surface area contributed by atoms with Gasteiger partial charge in [0.15, 0.2) is 0 Å². The van der Waals surface area contributed by atoms with Gasteiger partial charge < -0.3 is 0 Å². The molecule has 1 aromatic carbocycles. The van der Waals surface area contributed by atoms with Crippen molar-refractivity contribution in [2.24, 2.45) is 0 Å². The number of aryl methyl sites for hydroxylation is 1. The fraction of sp³-hybridized carbons (Fsp3) is 0.143. The van der Waals surface area contributed by atoms with E-state index in [0.29, 0.717) is 0 Å². The van der Waals surface area contributed by atoms with E-state index in [-0.39, 0.29) is 0 Å². The molecular formula is C7H10Ge. The van der Waals surface area contributed by atoms with E-state index >= 15 is 0 Å². The van der Waals surface area contributed by atoms with E-state index in [4.69, 9.17) is 0 Å². The van der Waals surface area contributed by atoms with Crippen molar-refractivity contribution in [3.63, 3.8) is 0 Å². The van der Waals surface area contributed by atoms with Crippen LogP contribution in [0.15, 0.2) is 24.3 Å². The van der Waals surface area contributed by atoms with Crippen LogP contribution in [0.4, 0.5) is 0 Å². The maximum atomic E-state index is 2.20. The van der Waals surface area contributed by atoms with Crippen molar-refractivity contribution in [1.29, 1.82) is 0 Å². The summed E-state index contributed by atoms with van der Waals surface area (Å²) in [7, 11) is 0.